The third-order valence-corrected chi connectivity index (χ3v) is 3.36. The Morgan fingerprint density at radius 2 is 1.79 bits per heavy atom. The van der Waals surface area contributed by atoms with E-state index in [1.54, 1.807) is 0 Å². The first-order valence-corrected chi connectivity index (χ1v) is 7.03. The zero-order valence-electron chi connectivity index (χ0n) is 11.7. The number of nitrogens with one attached hydrogen (secondary N) is 1. The van der Waals surface area contributed by atoms with Gasteiger partial charge in [-0.1, -0.05) is 49.7 Å². The van der Waals surface area contributed by atoms with Crippen molar-refractivity contribution in [3.63, 3.8) is 0 Å². The maximum Gasteiger partial charge on any atom is 0.0570 e. The second-order valence-corrected chi connectivity index (χ2v) is 4.89. The van der Waals surface area contributed by atoms with Gasteiger partial charge in [0.15, 0.2) is 0 Å². The Morgan fingerprint density at radius 3 is 2.42 bits per heavy atom. The minimum atomic E-state index is 0.262. The van der Waals surface area contributed by atoms with Gasteiger partial charge in [0, 0.05) is 18.3 Å². The summed E-state index contributed by atoms with van der Waals surface area (Å²) in [6.07, 6.45) is 4.16. The molecule has 0 aliphatic heterocycles. The molecule has 1 aromatic carbocycles. The highest BCUT2D eigenvalue weighted by Gasteiger charge is 2.14. The summed E-state index contributed by atoms with van der Waals surface area (Å²) >= 11 is 0. The van der Waals surface area contributed by atoms with Crippen LogP contribution in [0.25, 0.3) is 0 Å². The minimum Gasteiger partial charge on any atom is -0.302 e. The van der Waals surface area contributed by atoms with E-state index in [1.165, 1.54) is 12.0 Å². The summed E-state index contributed by atoms with van der Waals surface area (Å²) in [5.74, 6) is 0. The van der Waals surface area contributed by atoms with Gasteiger partial charge in [0.1, 0.15) is 0 Å². The summed E-state index contributed by atoms with van der Waals surface area (Å²) in [7, 11) is 0. The van der Waals surface area contributed by atoms with E-state index < -0.39 is 0 Å². The van der Waals surface area contributed by atoms with Crippen LogP contribution in [0.1, 0.15) is 50.0 Å². The van der Waals surface area contributed by atoms with E-state index in [2.05, 4.69) is 60.5 Å². The zero-order valence-corrected chi connectivity index (χ0v) is 11.7. The number of rotatable bonds is 6. The Kier molecular flexibility index (Phi) is 5.10. The number of hydrogen-bond donors (Lipinski definition) is 1. The highest BCUT2D eigenvalue weighted by molar-refractivity contribution is 5.19. The fourth-order valence-corrected chi connectivity index (χ4v) is 2.34. The molecule has 0 bridgehead atoms. The molecule has 19 heavy (non-hydrogen) atoms. The lowest BCUT2D eigenvalue weighted by Gasteiger charge is -2.23. The fraction of sp³-hybridized carbons (Fsp3) is 0.353. The first-order chi connectivity index (χ1) is 9.31. The van der Waals surface area contributed by atoms with Gasteiger partial charge < -0.3 is 5.32 Å². The number of pyridine rings is 1. The monoisotopic (exact) mass is 254 g/mol. The number of hydrogen-bond acceptors (Lipinski definition) is 2. The van der Waals surface area contributed by atoms with Crippen molar-refractivity contribution in [3.05, 3.63) is 66.0 Å². The molecule has 2 rings (SSSR count). The highest BCUT2D eigenvalue weighted by Crippen LogP contribution is 2.22. The Balaban J connectivity index is 2.09. The molecule has 0 radical (unpaired) electrons. The maximum atomic E-state index is 4.42. The summed E-state index contributed by atoms with van der Waals surface area (Å²) < 4.78 is 0. The second-order valence-electron chi connectivity index (χ2n) is 4.89. The van der Waals surface area contributed by atoms with Crippen LogP contribution in [0, 0.1) is 0 Å². The predicted molar refractivity (Wildman–Crippen MR) is 79.9 cm³/mol. The van der Waals surface area contributed by atoms with Gasteiger partial charge in [0.05, 0.1) is 5.69 Å². The molecule has 2 atom stereocenters. The Hall–Kier alpha value is -1.67. The molecule has 2 aromatic rings. The van der Waals surface area contributed by atoms with E-state index >= 15 is 0 Å². The molecule has 0 amide bonds. The third kappa shape index (κ3) is 3.90. The molecule has 0 aliphatic carbocycles. The van der Waals surface area contributed by atoms with Crippen molar-refractivity contribution in [2.45, 2.75) is 38.8 Å². The fourth-order valence-electron chi connectivity index (χ4n) is 2.34. The summed E-state index contributed by atoms with van der Waals surface area (Å²) in [5.41, 5.74) is 2.45. The molecule has 1 aromatic heterocycles. The van der Waals surface area contributed by atoms with E-state index in [0.29, 0.717) is 6.04 Å². The summed E-state index contributed by atoms with van der Waals surface area (Å²) in [6.45, 7) is 4.40. The standard InChI is InChI=1S/C17H22N2/c1-3-9-17(15-10-5-4-6-11-15)19-14(2)16-12-7-8-13-18-16/h4-8,10-14,17,19H,3,9H2,1-2H3/t14-,17?/m0/s1. The van der Waals surface area contributed by atoms with Gasteiger partial charge in [0.2, 0.25) is 0 Å². The van der Waals surface area contributed by atoms with Crippen LogP contribution in [0.3, 0.4) is 0 Å². The van der Waals surface area contributed by atoms with Crippen molar-refractivity contribution in [3.8, 4) is 0 Å². The molecule has 2 nitrogen and oxygen atoms in total. The molecule has 100 valence electrons. The van der Waals surface area contributed by atoms with Gasteiger partial charge in [-0.2, -0.15) is 0 Å². The van der Waals surface area contributed by atoms with Crippen molar-refractivity contribution >= 4 is 0 Å². The van der Waals surface area contributed by atoms with Gasteiger partial charge >= 0.3 is 0 Å². The lowest BCUT2D eigenvalue weighted by Crippen LogP contribution is -2.25. The van der Waals surface area contributed by atoms with Crippen LogP contribution in [0.2, 0.25) is 0 Å². The van der Waals surface area contributed by atoms with Gasteiger partial charge in [0.25, 0.3) is 0 Å². The Labute approximate surface area is 115 Å². The molecule has 0 spiro atoms. The van der Waals surface area contributed by atoms with Crippen molar-refractivity contribution in [2.75, 3.05) is 0 Å². The molecular weight excluding hydrogens is 232 g/mol. The zero-order chi connectivity index (χ0) is 13.5. The molecular formula is C17H22N2. The summed E-state index contributed by atoms with van der Waals surface area (Å²) in [4.78, 5) is 4.42. The molecule has 0 saturated heterocycles. The van der Waals surface area contributed by atoms with Crippen LogP contribution in [0.15, 0.2) is 54.7 Å². The van der Waals surface area contributed by atoms with Crippen LogP contribution in [0.4, 0.5) is 0 Å². The Morgan fingerprint density at radius 1 is 1.05 bits per heavy atom. The van der Waals surface area contributed by atoms with Gasteiger partial charge in [-0.15, -0.1) is 0 Å². The van der Waals surface area contributed by atoms with Gasteiger partial charge in [-0.05, 0) is 31.0 Å². The van der Waals surface area contributed by atoms with Crippen molar-refractivity contribution < 1.29 is 0 Å². The van der Waals surface area contributed by atoms with Crippen LogP contribution < -0.4 is 5.32 Å². The smallest absolute Gasteiger partial charge is 0.0570 e. The van der Waals surface area contributed by atoms with E-state index in [1.807, 2.05) is 18.3 Å². The average molecular weight is 254 g/mol. The van der Waals surface area contributed by atoms with Crippen molar-refractivity contribution in [2.24, 2.45) is 0 Å². The second kappa shape index (κ2) is 7.05. The average Bonchev–Trinajstić information content (AvgIpc) is 2.48. The van der Waals surface area contributed by atoms with Gasteiger partial charge in [-0.3, -0.25) is 4.98 Å². The largest absolute Gasteiger partial charge is 0.302 e. The number of nitrogens with zero attached hydrogens (tertiary/aromatic N) is 1. The summed E-state index contributed by atoms with van der Waals surface area (Å²) in [5, 5.41) is 3.69. The SMILES string of the molecule is CCCC(N[C@@H](C)c1ccccn1)c1ccccc1. The predicted octanol–water partition coefficient (Wildman–Crippen LogP) is 4.27. The number of benzene rings is 1. The lowest BCUT2D eigenvalue weighted by atomic mass is 10.0. The molecule has 1 N–H and O–H groups in total. The third-order valence-electron chi connectivity index (χ3n) is 3.36. The topological polar surface area (TPSA) is 24.9 Å². The molecule has 0 saturated carbocycles. The first kappa shape index (κ1) is 13.8. The molecule has 2 heteroatoms. The molecule has 1 unspecified atom stereocenters. The van der Waals surface area contributed by atoms with Gasteiger partial charge in [-0.25, -0.2) is 0 Å². The van der Waals surface area contributed by atoms with Crippen molar-refractivity contribution in [1.82, 2.24) is 10.3 Å². The first-order valence-electron chi connectivity index (χ1n) is 7.03. The van der Waals surface area contributed by atoms with Crippen molar-refractivity contribution in [1.29, 1.82) is 0 Å². The summed E-state index contributed by atoms with van der Waals surface area (Å²) in [6, 6.07) is 17.4. The van der Waals surface area contributed by atoms with Crippen LogP contribution in [-0.2, 0) is 0 Å². The van der Waals surface area contributed by atoms with E-state index in [0.717, 1.165) is 12.1 Å². The van der Waals surface area contributed by atoms with Crippen LogP contribution in [-0.4, -0.2) is 4.98 Å². The quantitative estimate of drug-likeness (QED) is 0.832. The minimum absolute atomic E-state index is 0.262. The molecule has 0 fully saturated rings. The van der Waals surface area contributed by atoms with Crippen LogP contribution >= 0.6 is 0 Å². The normalized spacial score (nSPS) is 14.0. The lowest BCUT2D eigenvalue weighted by molar-refractivity contribution is 0.434. The van der Waals surface area contributed by atoms with E-state index in [9.17, 15) is 0 Å². The van der Waals surface area contributed by atoms with E-state index in [-0.39, 0.29) is 6.04 Å². The maximum absolute atomic E-state index is 4.42. The molecule has 1 heterocycles. The number of aromatic nitrogens is 1. The van der Waals surface area contributed by atoms with E-state index in [4.69, 9.17) is 0 Å². The Bertz CT molecular complexity index is 467. The van der Waals surface area contributed by atoms with Crippen LogP contribution in [0.5, 0.6) is 0 Å². The highest BCUT2D eigenvalue weighted by atomic mass is 15.0. The molecule has 0 aliphatic rings.